The number of ether oxygens (including phenoxy) is 2. The Labute approximate surface area is 182 Å². The first-order valence-corrected chi connectivity index (χ1v) is 11.3. The number of thiocarbonyl (C=S) groups is 1. The van der Waals surface area contributed by atoms with Gasteiger partial charge >= 0.3 is 0 Å². The van der Waals surface area contributed by atoms with Crippen molar-refractivity contribution in [3.8, 4) is 0 Å². The highest BCUT2D eigenvalue weighted by Crippen LogP contribution is 2.20. The highest BCUT2D eigenvalue weighted by Gasteiger charge is 2.23. The molecule has 1 aromatic carbocycles. The Balaban J connectivity index is 1.54. The van der Waals surface area contributed by atoms with Gasteiger partial charge in [0.2, 0.25) is 0 Å². The van der Waals surface area contributed by atoms with Gasteiger partial charge in [-0.25, -0.2) is 0 Å². The zero-order valence-corrected chi connectivity index (χ0v) is 18.6. The van der Waals surface area contributed by atoms with E-state index in [-0.39, 0.29) is 17.8 Å². The molecule has 4 rings (SSSR count). The van der Waals surface area contributed by atoms with Crippen LogP contribution in [0.3, 0.4) is 0 Å². The minimum Gasteiger partial charge on any atom is -0.376 e. The number of aromatic nitrogens is 1. The van der Waals surface area contributed by atoms with Gasteiger partial charge in [0.25, 0.3) is 5.56 Å². The average Bonchev–Trinajstić information content (AvgIpc) is 3.41. The number of hydrogen-bond acceptors (Lipinski definition) is 4. The summed E-state index contributed by atoms with van der Waals surface area (Å²) >= 11 is 5.72. The molecular formula is C23H31N3O3S. The number of aryl methyl sites for hydroxylation is 2. The van der Waals surface area contributed by atoms with Crippen molar-refractivity contribution in [1.82, 2.24) is 15.2 Å². The second-order valence-electron chi connectivity index (χ2n) is 8.51. The number of pyridine rings is 1. The van der Waals surface area contributed by atoms with Crippen molar-refractivity contribution in [3.63, 3.8) is 0 Å². The van der Waals surface area contributed by atoms with Crippen molar-refractivity contribution >= 4 is 28.2 Å². The summed E-state index contributed by atoms with van der Waals surface area (Å²) in [6.45, 7) is 7.56. The average molecular weight is 430 g/mol. The van der Waals surface area contributed by atoms with Crippen LogP contribution in [0.5, 0.6) is 0 Å². The Morgan fingerprint density at radius 2 is 1.90 bits per heavy atom. The molecule has 2 saturated heterocycles. The molecule has 1 aromatic heterocycles. The molecule has 3 heterocycles. The van der Waals surface area contributed by atoms with Gasteiger partial charge in [-0.15, -0.1) is 0 Å². The molecule has 2 fully saturated rings. The maximum Gasteiger partial charge on any atom is 0.253 e. The highest BCUT2D eigenvalue weighted by molar-refractivity contribution is 7.80. The summed E-state index contributed by atoms with van der Waals surface area (Å²) < 4.78 is 11.5. The van der Waals surface area contributed by atoms with Crippen LogP contribution in [0.25, 0.3) is 10.9 Å². The van der Waals surface area contributed by atoms with Crippen LogP contribution in [0, 0.1) is 13.8 Å². The van der Waals surface area contributed by atoms with E-state index in [1.807, 2.05) is 13.0 Å². The Morgan fingerprint density at radius 1 is 1.17 bits per heavy atom. The smallest absolute Gasteiger partial charge is 0.253 e. The summed E-state index contributed by atoms with van der Waals surface area (Å²) in [4.78, 5) is 18.0. The number of rotatable bonds is 6. The Bertz CT molecular complexity index is 962. The zero-order valence-electron chi connectivity index (χ0n) is 17.8. The van der Waals surface area contributed by atoms with E-state index >= 15 is 0 Å². The summed E-state index contributed by atoms with van der Waals surface area (Å²) in [7, 11) is 0. The predicted octanol–water partition coefficient (Wildman–Crippen LogP) is 3.18. The van der Waals surface area contributed by atoms with Crippen LogP contribution in [-0.2, 0) is 16.0 Å². The van der Waals surface area contributed by atoms with E-state index in [0.29, 0.717) is 30.3 Å². The van der Waals surface area contributed by atoms with Gasteiger partial charge < -0.3 is 24.7 Å². The number of nitrogens with one attached hydrogen (secondary N) is 2. The molecule has 0 amide bonds. The predicted molar refractivity (Wildman–Crippen MR) is 123 cm³/mol. The largest absolute Gasteiger partial charge is 0.376 e. The van der Waals surface area contributed by atoms with Crippen LogP contribution in [0.1, 0.15) is 42.4 Å². The van der Waals surface area contributed by atoms with E-state index in [9.17, 15) is 4.79 Å². The first-order chi connectivity index (χ1) is 14.5. The molecule has 0 saturated carbocycles. The van der Waals surface area contributed by atoms with Crippen LogP contribution >= 0.6 is 12.2 Å². The Hall–Kier alpha value is -1.96. The zero-order chi connectivity index (χ0) is 21.1. The van der Waals surface area contributed by atoms with Crippen molar-refractivity contribution in [2.45, 2.75) is 58.3 Å². The van der Waals surface area contributed by atoms with Gasteiger partial charge in [0.15, 0.2) is 5.11 Å². The SMILES string of the molecule is Cc1cc(C)c2[nH]c(=O)c(CN(C[C@@H]3CCCO3)C(=S)NC[C@@H]3CCCO3)cc2c1. The Morgan fingerprint density at radius 3 is 2.60 bits per heavy atom. The van der Waals surface area contributed by atoms with E-state index in [1.165, 1.54) is 5.56 Å². The molecule has 7 heteroatoms. The summed E-state index contributed by atoms with van der Waals surface area (Å²) in [5.74, 6) is 0. The summed E-state index contributed by atoms with van der Waals surface area (Å²) in [5.41, 5.74) is 3.82. The van der Waals surface area contributed by atoms with Crippen LogP contribution in [-0.4, -0.2) is 53.5 Å². The standard InChI is InChI=1S/C23H31N3O3S/c1-15-9-16(2)21-17(10-15)11-18(22(27)25-21)13-26(14-20-6-4-8-29-20)23(30)24-12-19-5-3-7-28-19/h9-11,19-20H,3-8,12-14H2,1-2H3,(H,24,30)(H,25,27)/t19-,20-/m0/s1. The second-order valence-corrected chi connectivity index (χ2v) is 8.89. The van der Waals surface area contributed by atoms with Gasteiger partial charge in [0.05, 0.1) is 24.3 Å². The van der Waals surface area contributed by atoms with E-state index in [2.05, 4.69) is 34.3 Å². The molecule has 2 aliphatic rings. The molecule has 2 N–H and O–H groups in total. The lowest BCUT2D eigenvalue weighted by molar-refractivity contribution is 0.0885. The third kappa shape index (κ3) is 5.02. The topological polar surface area (TPSA) is 66.6 Å². The number of H-pyrrole nitrogens is 1. The van der Waals surface area contributed by atoms with E-state index in [0.717, 1.165) is 55.4 Å². The number of benzene rings is 1. The Kier molecular flexibility index (Phi) is 6.71. The second kappa shape index (κ2) is 9.45. The van der Waals surface area contributed by atoms with Crippen LogP contribution in [0.15, 0.2) is 23.0 Å². The van der Waals surface area contributed by atoms with Crippen LogP contribution in [0.4, 0.5) is 0 Å². The molecule has 0 bridgehead atoms. The fourth-order valence-corrected chi connectivity index (χ4v) is 4.65. The molecule has 0 radical (unpaired) electrons. The molecule has 30 heavy (non-hydrogen) atoms. The fourth-order valence-electron chi connectivity index (χ4n) is 4.43. The lowest BCUT2D eigenvalue weighted by Crippen LogP contribution is -2.45. The summed E-state index contributed by atoms with van der Waals surface area (Å²) in [6, 6.07) is 6.20. The van der Waals surface area contributed by atoms with Crippen molar-refractivity contribution in [3.05, 3.63) is 45.2 Å². The van der Waals surface area contributed by atoms with Gasteiger partial charge in [-0.1, -0.05) is 11.6 Å². The van der Waals surface area contributed by atoms with Gasteiger partial charge in [-0.2, -0.15) is 0 Å². The molecule has 0 spiro atoms. The first kappa shape index (κ1) is 21.3. The molecule has 2 aromatic rings. The molecule has 162 valence electrons. The molecule has 6 nitrogen and oxygen atoms in total. The lowest BCUT2D eigenvalue weighted by atomic mass is 10.1. The van der Waals surface area contributed by atoms with Crippen molar-refractivity contribution in [1.29, 1.82) is 0 Å². The normalized spacial score (nSPS) is 21.3. The summed E-state index contributed by atoms with van der Waals surface area (Å²) in [6.07, 6.45) is 4.62. The minimum absolute atomic E-state index is 0.0614. The van der Waals surface area contributed by atoms with Crippen molar-refractivity contribution < 1.29 is 9.47 Å². The fraction of sp³-hybridized carbons (Fsp3) is 0.565. The van der Waals surface area contributed by atoms with Crippen molar-refractivity contribution in [2.75, 3.05) is 26.3 Å². The lowest BCUT2D eigenvalue weighted by Gasteiger charge is -2.29. The monoisotopic (exact) mass is 429 g/mol. The maximum atomic E-state index is 12.8. The number of aromatic amines is 1. The molecule has 0 aliphatic carbocycles. The molecule has 2 atom stereocenters. The van der Waals surface area contributed by atoms with E-state index < -0.39 is 0 Å². The first-order valence-electron chi connectivity index (χ1n) is 10.9. The maximum absolute atomic E-state index is 12.8. The van der Waals surface area contributed by atoms with E-state index in [1.54, 1.807) is 0 Å². The molecule has 2 aliphatic heterocycles. The van der Waals surface area contributed by atoms with Gasteiger partial charge in [0, 0.05) is 31.9 Å². The number of hydrogen-bond donors (Lipinski definition) is 2. The van der Waals surface area contributed by atoms with Gasteiger partial charge in [-0.3, -0.25) is 4.79 Å². The minimum atomic E-state index is -0.0614. The number of nitrogens with zero attached hydrogens (tertiary/aromatic N) is 1. The van der Waals surface area contributed by atoms with Gasteiger partial charge in [-0.05, 0) is 74.8 Å². The highest BCUT2D eigenvalue weighted by atomic mass is 32.1. The third-order valence-electron chi connectivity index (χ3n) is 5.97. The number of fused-ring (bicyclic) bond motifs is 1. The summed E-state index contributed by atoms with van der Waals surface area (Å²) in [5, 5.41) is 5.07. The third-order valence-corrected chi connectivity index (χ3v) is 6.37. The van der Waals surface area contributed by atoms with Crippen LogP contribution in [0.2, 0.25) is 0 Å². The van der Waals surface area contributed by atoms with Crippen molar-refractivity contribution in [2.24, 2.45) is 0 Å². The molecule has 0 unspecified atom stereocenters. The van der Waals surface area contributed by atoms with E-state index in [4.69, 9.17) is 21.7 Å². The quantitative estimate of drug-likeness (QED) is 0.688. The van der Waals surface area contributed by atoms with Crippen LogP contribution < -0.4 is 10.9 Å². The van der Waals surface area contributed by atoms with Gasteiger partial charge in [0.1, 0.15) is 0 Å². The molecular weight excluding hydrogens is 398 g/mol.